The zero-order chi connectivity index (χ0) is 8.27. The second kappa shape index (κ2) is 4.65. The summed E-state index contributed by atoms with van der Waals surface area (Å²) in [6, 6.07) is 0. The molecule has 0 saturated heterocycles. The molecule has 3 atom stereocenters. The van der Waals surface area contributed by atoms with Crippen LogP contribution in [-0.2, 0) is 0 Å². The van der Waals surface area contributed by atoms with Gasteiger partial charge in [-0.1, -0.05) is 48.8 Å². The molecule has 1 aliphatic carbocycles. The summed E-state index contributed by atoms with van der Waals surface area (Å²) in [6.45, 7) is 3.24. The van der Waals surface area contributed by atoms with Crippen LogP contribution in [0.25, 0.3) is 0 Å². The Hall–Kier alpha value is 0.690. The third-order valence-corrected chi connectivity index (χ3v) is 4.30. The molecule has 0 aromatic heterocycles. The van der Waals surface area contributed by atoms with E-state index in [0.29, 0.717) is 3.92 Å². The second-order valence-corrected chi connectivity index (χ2v) is 5.28. The Bertz CT molecular complexity index is 112. The van der Waals surface area contributed by atoms with E-state index in [0.717, 1.165) is 18.4 Å². The number of hydrogen-bond donors (Lipinski definition) is 1. The van der Waals surface area contributed by atoms with Crippen LogP contribution < -0.4 is 5.73 Å². The molecule has 0 spiro atoms. The summed E-state index contributed by atoms with van der Waals surface area (Å²) in [5, 5.41) is 0. The van der Waals surface area contributed by atoms with Gasteiger partial charge in [-0.2, -0.15) is 0 Å². The van der Waals surface area contributed by atoms with Crippen molar-refractivity contribution in [1.82, 2.24) is 0 Å². The molecule has 1 fully saturated rings. The fraction of sp³-hybridized carbons (Fsp3) is 1.00. The molecule has 11 heavy (non-hydrogen) atoms. The van der Waals surface area contributed by atoms with Crippen LogP contribution in [0.4, 0.5) is 0 Å². The maximum Gasteiger partial charge on any atom is 0.0263 e. The Labute approximate surface area is 83.3 Å². The van der Waals surface area contributed by atoms with E-state index in [-0.39, 0.29) is 0 Å². The molecule has 2 heteroatoms. The number of nitrogens with two attached hydrogens (primary N) is 1. The highest BCUT2D eigenvalue weighted by Crippen LogP contribution is 2.34. The van der Waals surface area contributed by atoms with Gasteiger partial charge in [-0.25, -0.2) is 0 Å². The summed E-state index contributed by atoms with van der Waals surface area (Å²) in [6.07, 6.45) is 5.69. The van der Waals surface area contributed by atoms with E-state index in [2.05, 4.69) is 29.5 Å². The molecule has 1 rings (SSSR count). The lowest BCUT2D eigenvalue weighted by Crippen LogP contribution is -2.30. The molecular weight excluding hydrogens is 249 g/mol. The molecule has 0 amide bonds. The number of alkyl halides is 1. The van der Waals surface area contributed by atoms with Gasteiger partial charge in [-0.05, 0) is 18.3 Å². The predicted molar refractivity (Wildman–Crippen MR) is 58.0 cm³/mol. The van der Waals surface area contributed by atoms with Crippen LogP contribution in [-0.4, -0.2) is 10.5 Å². The molecule has 2 N–H and O–H groups in total. The van der Waals surface area contributed by atoms with Crippen molar-refractivity contribution in [3.63, 3.8) is 0 Å². The van der Waals surface area contributed by atoms with Crippen LogP contribution in [0.1, 0.15) is 32.6 Å². The summed E-state index contributed by atoms with van der Waals surface area (Å²) < 4.78 is 0.711. The lowest BCUT2D eigenvalue weighted by atomic mass is 9.79. The van der Waals surface area contributed by atoms with E-state index in [9.17, 15) is 0 Å². The van der Waals surface area contributed by atoms with Crippen molar-refractivity contribution < 1.29 is 0 Å². The first-order valence-electron chi connectivity index (χ1n) is 4.60. The SMILES string of the molecule is C[C@@H]1CCCCC1[C@@H](I)CN. The smallest absolute Gasteiger partial charge is 0.0263 e. The Morgan fingerprint density at radius 1 is 1.45 bits per heavy atom. The zero-order valence-corrected chi connectivity index (χ0v) is 9.38. The first kappa shape index (κ1) is 9.78. The average Bonchev–Trinajstić information content (AvgIpc) is 2.04. The van der Waals surface area contributed by atoms with Crippen LogP contribution in [0.5, 0.6) is 0 Å². The number of rotatable bonds is 2. The standard InChI is InChI=1S/C9H18IN/c1-7-4-2-3-5-8(7)9(10)6-11/h7-9H,2-6,11H2,1H3/t7-,8?,9+/m1/s1. The molecule has 1 unspecified atom stereocenters. The summed E-state index contributed by atoms with van der Waals surface area (Å²) in [4.78, 5) is 0. The van der Waals surface area contributed by atoms with Crippen molar-refractivity contribution in [2.24, 2.45) is 17.6 Å². The van der Waals surface area contributed by atoms with Crippen LogP contribution in [0.15, 0.2) is 0 Å². The molecule has 1 saturated carbocycles. The van der Waals surface area contributed by atoms with Gasteiger partial charge in [0.25, 0.3) is 0 Å². The maximum absolute atomic E-state index is 5.66. The minimum absolute atomic E-state index is 0.711. The van der Waals surface area contributed by atoms with Gasteiger partial charge in [0.15, 0.2) is 0 Å². The summed E-state index contributed by atoms with van der Waals surface area (Å²) in [5.74, 6) is 1.81. The van der Waals surface area contributed by atoms with Gasteiger partial charge in [-0.3, -0.25) is 0 Å². The number of hydrogen-bond acceptors (Lipinski definition) is 1. The van der Waals surface area contributed by atoms with Gasteiger partial charge in [0.05, 0.1) is 0 Å². The Kier molecular flexibility index (Phi) is 4.13. The molecule has 0 aromatic carbocycles. The van der Waals surface area contributed by atoms with E-state index in [1.54, 1.807) is 0 Å². The van der Waals surface area contributed by atoms with Gasteiger partial charge in [-0.15, -0.1) is 0 Å². The van der Waals surface area contributed by atoms with Gasteiger partial charge in [0.2, 0.25) is 0 Å². The van der Waals surface area contributed by atoms with Crippen molar-refractivity contribution >= 4 is 22.6 Å². The summed E-state index contributed by atoms with van der Waals surface area (Å²) in [5.41, 5.74) is 5.66. The highest BCUT2D eigenvalue weighted by atomic mass is 127. The van der Waals surface area contributed by atoms with Gasteiger partial charge < -0.3 is 5.73 Å². The van der Waals surface area contributed by atoms with Crippen molar-refractivity contribution in [3.8, 4) is 0 Å². The van der Waals surface area contributed by atoms with Gasteiger partial charge in [0, 0.05) is 10.5 Å². The van der Waals surface area contributed by atoms with Crippen molar-refractivity contribution in [1.29, 1.82) is 0 Å². The van der Waals surface area contributed by atoms with Gasteiger partial charge >= 0.3 is 0 Å². The average molecular weight is 267 g/mol. The maximum atomic E-state index is 5.66. The first-order valence-corrected chi connectivity index (χ1v) is 5.84. The van der Waals surface area contributed by atoms with E-state index in [4.69, 9.17) is 5.73 Å². The van der Waals surface area contributed by atoms with Gasteiger partial charge in [0.1, 0.15) is 0 Å². The molecule has 0 aliphatic heterocycles. The third-order valence-electron chi connectivity index (χ3n) is 2.87. The van der Waals surface area contributed by atoms with E-state index in [1.165, 1.54) is 25.7 Å². The molecule has 0 aromatic rings. The molecule has 66 valence electrons. The Balaban J connectivity index is 2.40. The minimum Gasteiger partial charge on any atom is -0.329 e. The normalized spacial score (nSPS) is 35.2. The minimum atomic E-state index is 0.711. The van der Waals surface area contributed by atoms with Crippen molar-refractivity contribution in [3.05, 3.63) is 0 Å². The van der Waals surface area contributed by atoms with Crippen LogP contribution in [0, 0.1) is 11.8 Å². The van der Waals surface area contributed by atoms with E-state index in [1.807, 2.05) is 0 Å². The molecule has 1 aliphatic rings. The zero-order valence-electron chi connectivity index (χ0n) is 7.22. The second-order valence-electron chi connectivity index (χ2n) is 3.68. The number of halogens is 1. The molecule has 0 radical (unpaired) electrons. The molecule has 0 heterocycles. The Morgan fingerprint density at radius 2 is 2.09 bits per heavy atom. The molecule has 1 nitrogen and oxygen atoms in total. The monoisotopic (exact) mass is 267 g/mol. The van der Waals surface area contributed by atoms with Crippen molar-refractivity contribution in [2.45, 2.75) is 36.5 Å². The lowest BCUT2D eigenvalue weighted by molar-refractivity contribution is 0.257. The molecular formula is C9H18IN. The first-order chi connectivity index (χ1) is 5.25. The topological polar surface area (TPSA) is 26.0 Å². The van der Waals surface area contributed by atoms with Crippen molar-refractivity contribution in [2.75, 3.05) is 6.54 Å². The fourth-order valence-electron chi connectivity index (χ4n) is 2.06. The van der Waals surface area contributed by atoms with Crippen LogP contribution in [0.2, 0.25) is 0 Å². The highest BCUT2D eigenvalue weighted by molar-refractivity contribution is 14.1. The van der Waals surface area contributed by atoms with Crippen LogP contribution in [0.3, 0.4) is 0 Å². The highest BCUT2D eigenvalue weighted by Gasteiger charge is 2.26. The third kappa shape index (κ3) is 2.58. The quantitative estimate of drug-likeness (QED) is 0.604. The molecule has 0 bridgehead atoms. The van der Waals surface area contributed by atoms with Crippen LogP contribution >= 0.6 is 22.6 Å². The summed E-state index contributed by atoms with van der Waals surface area (Å²) >= 11 is 2.52. The van der Waals surface area contributed by atoms with E-state index >= 15 is 0 Å². The predicted octanol–water partition coefficient (Wildman–Crippen LogP) is 2.58. The fourth-order valence-corrected chi connectivity index (χ4v) is 3.13. The Morgan fingerprint density at radius 3 is 2.64 bits per heavy atom. The largest absolute Gasteiger partial charge is 0.329 e. The van der Waals surface area contributed by atoms with E-state index < -0.39 is 0 Å². The lowest BCUT2D eigenvalue weighted by Gasteiger charge is -2.31. The summed E-state index contributed by atoms with van der Waals surface area (Å²) in [7, 11) is 0.